The summed E-state index contributed by atoms with van der Waals surface area (Å²) in [7, 11) is 1.56. The average Bonchev–Trinajstić information content (AvgIpc) is 2.46. The van der Waals surface area contributed by atoms with Gasteiger partial charge in [0, 0.05) is 9.64 Å². The van der Waals surface area contributed by atoms with Gasteiger partial charge in [-0.1, -0.05) is 12.1 Å². The fourth-order valence-corrected chi connectivity index (χ4v) is 1.96. The number of nitrogens with zero attached hydrogens (tertiary/aromatic N) is 1. The highest BCUT2D eigenvalue weighted by atomic mass is 127. The van der Waals surface area contributed by atoms with Crippen molar-refractivity contribution in [1.82, 2.24) is 0 Å². The molecular formula is C15H12INO2. The first-order valence-electron chi connectivity index (χ1n) is 5.68. The molecule has 0 aliphatic carbocycles. The Balaban J connectivity index is 2.11. The second kappa shape index (κ2) is 6.43. The Morgan fingerprint density at radius 2 is 1.84 bits per heavy atom. The maximum atomic E-state index is 8.84. The van der Waals surface area contributed by atoms with Gasteiger partial charge in [-0.2, -0.15) is 5.26 Å². The molecule has 0 amide bonds. The van der Waals surface area contributed by atoms with Crippen molar-refractivity contribution in [2.45, 2.75) is 6.61 Å². The largest absolute Gasteiger partial charge is 0.493 e. The third-order valence-corrected chi connectivity index (χ3v) is 3.32. The first kappa shape index (κ1) is 13.7. The molecule has 0 radical (unpaired) electrons. The molecule has 2 aromatic rings. The number of halogens is 1. The Morgan fingerprint density at radius 1 is 1.11 bits per heavy atom. The molecule has 19 heavy (non-hydrogen) atoms. The molecule has 0 bridgehead atoms. The van der Waals surface area contributed by atoms with E-state index in [9.17, 15) is 0 Å². The predicted octanol–water partition coefficient (Wildman–Crippen LogP) is 3.75. The molecule has 0 spiro atoms. The zero-order chi connectivity index (χ0) is 13.7. The van der Waals surface area contributed by atoms with Crippen LogP contribution in [0.4, 0.5) is 0 Å². The molecule has 0 unspecified atom stereocenters. The van der Waals surface area contributed by atoms with Gasteiger partial charge < -0.3 is 9.47 Å². The third-order valence-electron chi connectivity index (χ3n) is 2.60. The molecule has 0 saturated heterocycles. The van der Waals surface area contributed by atoms with Crippen LogP contribution in [-0.4, -0.2) is 7.11 Å². The zero-order valence-electron chi connectivity index (χ0n) is 10.4. The van der Waals surface area contributed by atoms with Crippen LogP contribution in [-0.2, 0) is 6.61 Å². The van der Waals surface area contributed by atoms with Gasteiger partial charge in [-0.05, 0) is 52.4 Å². The highest BCUT2D eigenvalue weighted by Gasteiger charge is 2.06. The number of benzene rings is 2. The summed E-state index contributed by atoms with van der Waals surface area (Å²) in [5, 5.41) is 8.84. The van der Waals surface area contributed by atoms with Crippen LogP contribution < -0.4 is 9.47 Å². The molecule has 0 aromatic heterocycles. The summed E-state index contributed by atoms with van der Waals surface area (Å²) < 4.78 is 12.1. The molecule has 2 aromatic carbocycles. The fourth-order valence-electron chi connectivity index (χ4n) is 1.60. The number of ether oxygens (including phenoxy) is 2. The third kappa shape index (κ3) is 3.61. The summed E-state index contributed by atoms with van der Waals surface area (Å²) in [6.07, 6.45) is 0. The summed E-state index contributed by atoms with van der Waals surface area (Å²) in [6.45, 7) is 0.471. The molecule has 2 rings (SSSR count). The van der Waals surface area contributed by atoms with Crippen molar-refractivity contribution in [3.63, 3.8) is 0 Å². The zero-order valence-corrected chi connectivity index (χ0v) is 12.5. The molecular weight excluding hydrogens is 353 g/mol. The Kier molecular flexibility index (Phi) is 4.63. The van der Waals surface area contributed by atoms with Gasteiger partial charge in [-0.25, -0.2) is 0 Å². The van der Waals surface area contributed by atoms with E-state index in [-0.39, 0.29) is 0 Å². The van der Waals surface area contributed by atoms with Crippen molar-refractivity contribution in [1.29, 1.82) is 5.26 Å². The van der Waals surface area contributed by atoms with E-state index in [0.717, 1.165) is 5.56 Å². The van der Waals surface area contributed by atoms with E-state index in [0.29, 0.717) is 23.7 Å². The van der Waals surface area contributed by atoms with Crippen LogP contribution in [0.25, 0.3) is 0 Å². The Morgan fingerprint density at radius 3 is 2.47 bits per heavy atom. The number of hydrogen-bond acceptors (Lipinski definition) is 3. The molecule has 3 nitrogen and oxygen atoms in total. The molecule has 0 N–H and O–H groups in total. The van der Waals surface area contributed by atoms with Crippen molar-refractivity contribution in [3.05, 3.63) is 57.2 Å². The molecule has 4 heteroatoms. The average molecular weight is 365 g/mol. The molecule has 0 heterocycles. The van der Waals surface area contributed by atoms with E-state index < -0.39 is 0 Å². The van der Waals surface area contributed by atoms with Crippen molar-refractivity contribution < 1.29 is 9.47 Å². The van der Waals surface area contributed by atoms with Gasteiger partial charge in [0.25, 0.3) is 0 Å². The SMILES string of the molecule is COc1cc(C#N)ccc1OCc1ccc(I)cc1. The lowest BCUT2D eigenvalue weighted by molar-refractivity contribution is 0.284. The van der Waals surface area contributed by atoms with E-state index in [1.54, 1.807) is 25.3 Å². The van der Waals surface area contributed by atoms with Crippen molar-refractivity contribution in [2.75, 3.05) is 7.11 Å². The minimum atomic E-state index is 0.471. The minimum absolute atomic E-state index is 0.471. The van der Waals surface area contributed by atoms with Gasteiger partial charge in [0.05, 0.1) is 18.7 Å². The number of hydrogen-bond donors (Lipinski definition) is 0. The molecule has 0 aliphatic heterocycles. The van der Waals surface area contributed by atoms with Gasteiger partial charge in [-0.3, -0.25) is 0 Å². The smallest absolute Gasteiger partial charge is 0.162 e. The van der Waals surface area contributed by atoms with Crippen LogP contribution >= 0.6 is 22.6 Å². The number of rotatable bonds is 4. The van der Waals surface area contributed by atoms with Crippen LogP contribution in [0.2, 0.25) is 0 Å². The van der Waals surface area contributed by atoms with Gasteiger partial charge in [0.1, 0.15) is 6.61 Å². The first-order valence-corrected chi connectivity index (χ1v) is 6.76. The van der Waals surface area contributed by atoms with Crippen LogP contribution in [0.5, 0.6) is 11.5 Å². The van der Waals surface area contributed by atoms with Gasteiger partial charge in [0.2, 0.25) is 0 Å². The van der Waals surface area contributed by atoms with E-state index in [2.05, 4.69) is 28.7 Å². The van der Waals surface area contributed by atoms with Crippen LogP contribution in [0, 0.1) is 14.9 Å². The van der Waals surface area contributed by atoms with Crippen LogP contribution in [0.3, 0.4) is 0 Å². The summed E-state index contributed by atoms with van der Waals surface area (Å²) in [4.78, 5) is 0. The fraction of sp³-hybridized carbons (Fsp3) is 0.133. The van der Waals surface area contributed by atoms with Crippen LogP contribution in [0.15, 0.2) is 42.5 Å². The van der Waals surface area contributed by atoms with E-state index in [1.165, 1.54) is 3.57 Å². The van der Waals surface area contributed by atoms with Gasteiger partial charge >= 0.3 is 0 Å². The second-order valence-corrected chi connectivity index (χ2v) is 5.14. The summed E-state index contributed by atoms with van der Waals surface area (Å²) in [6, 6.07) is 15.3. The topological polar surface area (TPSA) is 42.2 Å². The number of nitriles is 1. The number of methoxy groups -OCH3 is 1. The molecule has 0 atom stereocenters. The van der Waals surface area contributed by atoms with Gasteiger partial charge in [0.15, 0.2) is 11.5 Å². The Labute approximate surface area is 125 Å². The lowest BCUT2D eigenvalue weighted by atomic mass is 10.2. The molecule has 96 valence electrons. The normalized spacial score (nSPS) is 9.74. The molecule has 0 aliphatic rings. The van der Waals surface area contributed by atoms with E-state index >= 15 is 0 Å². The minimum Gasteiger partial charge on any atom is -0.493 e. The maximum Gasteiger partial charge on any atom is 0.162 e. The summed E-state index contributed by atoms with van der Waals surface area (Å²) >= 11 is 2.26. The first-order chi connectivity index (χ1) is 9.22. The van der Waals surface area contributed by atoms with Crippen molar-refractivity contribution >= 4 is 22.6 Å². The standard InChI is InChI=1S/C15H12INO2/c1-18-15-8-12(9-17)4-7-14(15)19-10-11-2-5-13(16)6-3-11/h2-8H,10H2,1H3. The maximum absolute atomic E-state index is 8.84. The summed E-state index contributed by atoms with van der Waals surface area (Å²) in [5.41, 5.74) is 1.64. The lowest BCUT2D eigenvalue weighted by Crippen LogP contribution is -1.98. The lowest BCUT2D eigenvalue weighted by Gasteiger charge is -2.10. The predicted molar refractivity (Wildman–Crippen MR) is 81.2 cm³/mol. The summed E-state index contributed by atoms with van der Waals surface area (Å²) in [5.74, 6) is 1.21. The van der Waals surface area contributed by atoms with Gasteiger partial charge in [-0.15, -0.1) is 0 Å². The highest BCUT2D eigenvalue weighted by molar-refractivity contribution is 14.1. The van der Waals surface area contributed by atoms with Crippen molar-refractivity contribution in [2.24, 2.45) is 0 Å². The Hall–Kier alpha value is -1.74. The monoisotopic (exact) mass is 365 g/mol. The second-order valence-electron chi connectivity index (χ2n) is 3.89. The molecule has 0 saturated carbocycles. The highest BCUT2D eigenvalue weighted by Crippen LogP contribution is 2.28. The quantitative estimate of drug-likeness (QED) is 0.775. The van der Waals surface area contributed by atoms with E-state index in [1.807, 2.05) is 24.3 Å². The van der Waals surface area contributed by atoms with E-state index in [4.69, 9.17) is 14.7 Å². The molecule has 0 fully saturated rings. The Bertz CT molecular complexity index is 603. The van der Waals surface area contributed by atoms with Crippen molar-refractivity contribution in [3.8, 4) is 17.6 Å². The van der Waals surface area contributed by atoms with Crippen LogP contribution in [0.1, 0.15) is 11.1 Å².